The van der Waals surface area contributed by atoms with Gasteiger partial charge in [0.1, 0.15) is 13.2 Å². The molecule has 31 heavy (non-hydrogen) atoms. The van der Waals surface area contributed by atoms with E-state index in [1.54, 1.807) is 17.4 Å². The number of para-hydroxylation sites is 1. The molecule has 2 aliphatic rings. The summed E-state index contributed by atoms with van der Waals surface area (Å²) < 4.78 is 18.4. The van der Waals surface area contributed by atoms with Gasteiger partial charge in [-0.1, -0.05) is 18.2 Å². The van der Waals surface area contributed by atoms with Crippen molar-refractivity contribution in [3.8, 4) is 22.3 Å². The zero-order valence-electron chi connectivity index (χ0n) is 16.7. The Morgan fingerprint density at radius 2 is 1.90 bits per heavy atom. The summed E-state index contributed by atoms with van der Waals surface area (Å²) in [6.45, 7) is 1.82. The van der Waals surface area contributed by atoms with Gasteiger partial charge in [0, 0.05) is 6.54 Å². The minimum absolute atomic E-state index is 0.000623. The lowest BCUT2D eigenvalue weighted by Crippen LogP contribution is -2.30. The first-order valence-corrected chi connectivity index (χ1v) is 11.2. The maximum absolute atomic E-state index is 13.3. The number of benzene rings is 2. The van der Waals surface area contributed by atoms with Gasteiger partial charge < -0.3 is 18.8 Å². The zero-order chi connectivity index (χ0) is 20.8. The molecule has 1 atom stereocenters. The van der Waals surface area contributed by atoms with Crippen LogP contribution in [-0.2, 0) is 0 Å². The average Bonchev–Trinajstić information content (AvgIpc) is 3.57. The molecule has 1 amide bonds. The van der Waals surface area contributed by atoms with Crippen LogP contribution < -0.4 is 9.47 Å². The number of likely N-dealkylation sites (tertiary alicyclic amines) is 1. The SMILES string of the molecule is O=C(c1ccc(-c2nc3ccccc3s2)o1)N1CCC[C@@H]1c1ccc2c(c1)OCCO2. The van der Waals surface area contributed by atoms with Gasteiger partial charge in [-0.2, -0.15) is 0 Å². The zero-order valence-corrected chi connectivity index (χ0v) is 17.6. The number of amides is 1. The van der Waals surface area contributed by atoms with Crippen molar-refractivity contribution >= 4 is 27.5 Å². The Morgan fingerprint density at radius 1 is 1.03 bits per heavy atom. The standard InChI is InChI=1S/C24H20N2O4S/c27-24(20-10-9-19(30-20)23-25-16-4-1-2-6-22(16)31-23)26-11-3-5-17(26)15-7-8-18-21(14-15)29-13-12-28-18/h1-2,4,6-10,14,17H,3,5,11-13H2/t17-/m1/s1. The fourth-order valence-electron chi connectivity index (χ4n) is 4.31. The first-order chi connectivity index (χ1) is 15.3. The minimum Gasteiger partial charge on any atom is -0.486 e. The number of thiazole rings is 1. The summed E-state index contributed by atoms with van der Waals surface area (Å²) in [5.41, 5.74) is 2.00. The lowest BCUT2D eigenvalue weighted by atomic mass is 10.0. The predicted molar refractivity (Wildman–Crippen MR) is 118 cm³/mol. The number of ether oxygens (including phenoxy) is 2. The van der Waals surface area contributed by atoms with Crippen LogP contribution in [0.5, 0.6) is 11.5 Å². The Kier molecular flexibility index (Phi) is 4.42. The molecule has 4 aromatic rings. The van der Waals surface area contributed by atoms with Crippen molar-refractivity contribution in [3.63, 3.8) is 0 Å². The van der Waals surface area contributed by atoms with Crippen LogP contribution in [0.4, 0.5) is 0 Å². The maximum Gasteiger partial charge on any atom is 0.290 e. The summed E-state index contributed by atoms with van der Waals surface area (Å²) >= 11 is 1.56. The average molecular weight is 433 g/mol. The monoisotopic (exact) mass is 432 g/mol. The summed E-state index contributed by atoms with van der Waals surface area (Å²) in [6.07, 6.45) is 1.87. The topological polar surface area (TPSA) is 64.8 Å². The normalized spacial score (nSPS) is 17.9. The number of carbonyl (C=O) groups is 1. The molecule has 0 unspecified atom stereocenters. The Balaban J connectivity index is 1.27. The van der Waals surface area contributed by atoms with Crippen LogP contribution in [0.2, 0.25) is 0 Å². The number of fused-ring (bicyclic) bond motifs is 2. The van der Waals surface area contributed by atoms with Crippen molar-refractivity contribution in [1.29, 1.82) is 0 Å². The molecule has 0 bridgehead atoms. The van der Waals surface area contributed by atoms with E-state index in [9.17, 15) is 4.79 Å². The Labute approximate surface area is 183 Å². The van der Waals surface area contributed by atoms with Crippen molar-refractivity contribution in [1.82, 2.24) is 9.88 Å². The van der Waals surface area contributed by atoms with Gasteiger partial charge in [0.05, 0.1) is 16.3 Å². The molecule has 0 spiro atoms. The minimum atomic E-state index is -0.0928. The number of furan rings is 1. The first kappa shape index (κ1) is 18.4. The molecule has 1 fully saturated rings. The van der Waals surface area contributed by atoms with Crippen LogP contribution in [0.3, 0.4) is 0 Å². The van der Waals surface area contributed by atoms with Crippen molar-refractivity contribution in [2.24, 2.45) is 0 Å². The van der Waals surface area contributed by atoms with Crippen LogP contribution in [0.15, 0.2) is 59.0 Å². The lowest BCUT2D eigenvalue weighted by Gasteiger charge is -2.26. The van der Waals surface area contributed by atoms with E-state index in [1.165, 1.54) is 0 Å². The highest BCUT2D eigenvalue weighted by Gasteiger charge is 2.33. The molecule has 0 aliphatic carbocycles. The second-order valence-electron chi connectivity index (χ2n) is 7.71. The van der Waals surface area contributed by atoms with E-state index in [1.807, 2.05) is 53.4 Å². The molecular formula is C24H20N2O4S. The van der Waals surface area contributed by atoms with Crippen molar-refractivity contribution < 1.29 is 18.7 Å². The van der Waals surface area contributed by atoms with Gasteiger partial charge in [0.2, 0.25) is 0 Å². The van der Waals surface area contributed by atoms with Gasteiger partial charge in [-0.05, 0) is 54.8 Å². The van der Waals surface area contributed by atoms with Gasteiger partial charge in [0.25, 0.3) is 5.91 Å². The molecule has 0 saturated carbocycles. The lowest BCUT2D eigenvalue weighted by molar-refractivity contribution is 0.0703. The molecule has 6 nitrogen and oxygen atoms in total. The Bertz CT molecular complexity index is 1240. The van der Waals surface area contributed by atoms with Crippen LogP contribution >= 0.6 is 11.3 Å². The second-order valence-corrected chi connectivity index (χ2v) is 8.74. The maximum atomic E-state index is 13.3. The van der Waals surface area contributed by atoms with Crippen LogP contribution in [0.25, 0.3) is 21.0 Å². The molecule has 2 aliphatic heterocycles. The van der Waals surface area contributed by atoms with Gasteiger partial charge in [-0.15, -0.1) is 11.3 Å². The molecule has 7 heteroatoms. The third kappa shape index (κ3) is 3.25. The van der Waals surface area contributed by atoms with E-state index < -0.39 is 0 Å². The molecule has 2 aromatic heterocycles. The van der Waals surface area contributed by atoms with E-state index in [-0.39, 0.29) is 11.9 Å². The van der Waals surface area contributed by atoms with E-state index in [4.69, 9.17) is 13.9 Å². The molecule has 0 N–H and O–H groups in total. The predicted octanol–water partition coefficient (Wildman–Crippen LogP) is 5.30. The Morgan fingerprint density at radius 3 is 2.81 bits per heavy atom. The molecule has 4 heterocycles. The highest BCUT2D eigenvalue weighted by atomic mass is 32.1. The molecular weight excluding hydrogens is 412 g/mol. The highest BCUT2D eigenvalue weighted by molar-refractivity contribution is 7.21. The number of hydrogen-bond donors (Lipinski definition) is 0. The van der Waals surface area contributed by atoms with E-state index in [0.717, 1.165) is 45.1 Å². The molecule has 156 valence electrons. The number of rotatable bonds is 3. The summed E-state index contributed by atoms with van der Waals surface area (Å²) in [6, 6.07) is 17.5. The van der Waals surface area contributed by atoms with Crippen molar-refractivity contribution in [2.75, 3.05) is 19.8 Å². The highest BCUT2D eigenvalue weighted by Crippen LogP contribution is 2.39. The summed E-state index contributed by atoms with van der Waals surface area (Å²) in [5.74, 6) is 2.39. The smallest absolute Gasteiger partial charge is 0.290 e. The van der Waals surface area contributed by atoms with Crippen LogP contribution in [0.1, 0.15) is 35.0 Å². The van der Waals surface area contributed by atoms with Gasteiger partial charge in [-0.3, -0.25) is 4.79 Å². The third-order valence-electron chi connectivity index (χ3n) is 5.79. The molecule has 1 saturated heterocycles. The Hall–Kier alpha value is -3.32. The van der Waals surface area contributed by atoms with E-state index in [2.05, 4.69) is 4.98 Å². The van der Waals surface area contributed by atoms with Gasteiger partial charge >= 0.3 is 0 Å². The van der Waals surface area contributed by atoms with Crippen LogP contribution in [-0.4, -0.2) is 35.5 Å². The fraction of sp³-hybridized carbons (Fsp3) is 0.250. The van der Waals surface area contributed by atoms with Crippen LogP contribution in [0, 0.1) is 0 Å². The number of aromatic nitrogens is 1. The van der Waals surface area contributed by atoms with Crippen molar-refractivity contribution in [2.45, 2.75) is 18.9 Å². The largest absolute Gasteiger partial charge is 0.486 e. The molecule has 2 aromatic carbocycles. The first-order valence-electron chi connectivity index (χ1n) is 10.4. The third-order valence-corrected chi connectivity index (χ3v) is 6.84. The number of carbonyl (C=O) groups excluding carboxylic acids is 1. The summed E-state index contributed by atoms with van der Waals surface area (Å²) in [4.78, 5) is 19.8. The quantitative estimate of drug-likeness (QED) is 0.439. The molecule has 0 radical (unpaired) electrons. The number of hydrogen-bond acceptors (Lipinski definition) is 6. The summed E-state index contributed by atoms with van der Waals surface area (Å²) in [5, 5.41) is 0.782. The second kappa shape index (κ2) is 7.42. The van der Waals surface area contributed by atoms with Crippen molar-refractivity contribution in [3.05, 3.63) is 65.9 Å². The molecule has 6 rings (SSSR count). The fourth-order valence-corrected chi connectivity index (χ4v) is 5.24. The van der Waals surface area contributed by atoms with E-state index in [0.29, 0.717) is 31.3 Å². The van der Waals surface area contributed by atoms with Gasteiger partial charge in [0.15, 0.2) is 28.0 Å². The summed E-state index contributed by atoms with van der Waals surface area (Å²) in [7, 11) is 0. The van der Waals surface area contributed by atoms with Gasteiger partial charge in [-0.25, -0.2) is 4.98 Å². The number of nitrogens with zero attached hydrogens (tertiary/aromatic N) is 2. The van der Waals surface area contributed by atoms with E-state index >= 15 is 0 Å².